The molecule has 2 saturated heterocycles. The fourth-order valence-electron chi connectivity index (χ4n) is 4.93. The Bertz CT molecular complexity index is 1170. The average molecular weight is 491 g/mol. The molecular formula is C26H34N8S. The third kappa shape index (κ3) is 5.16. The highest BCUT2D eigenvalue weighted by molar-refractivity contribution is 7.80. The summed E-state index contributed by atoms with van der Waals surface area (Å²) in [6.45, 7) is 11.1. The van der Waals surface area contributed by atoms with Gasteiger partial charge in [0.05, 0.1) is 24.0 Å². The van der Waals surface area contributed by atoms with Crippen LogP contribution < -0.4 is 15.1 Å². The molecule has 8 nitrogen and oxygen atoms in total. The van der Waals surface area contributed by atoms with Crippen molar-refractivity contribution >= 4 is 45.6 Å². The van der Waals surface area contributed by atoms with E-state index in [4.69, 9.17) is 17.2 Å². The van der Waals surface area contributed by atoms with Gasteiger partial charge in [0.25, 0.3) is 0 Å². The van der Waals surface area contributed by atoms with Crippen LogP contribution in [0.3, 0.4) is 0 Å². The summed E-state index contributed by atoms with van der Waals surface area (Å²) in [5.74, 6) is 2.35. The third-order valence-corrected chi connectivity index (χ3v) is 7.43. The molecule has 35 heavy (non-hydrogen) atoms. The van der Waals surface area contributed by atoms with Gasteiger partial charge in [0.15, 0.2) is 5.11 Å². The van der Waals surface area contributed by atoms with Crippen molar-refractivity contribution in [3.63, 3.8) is 0 Å². The van der Waals surface area contributed by atoms with Crippen LogP contribution in [0.25, 0.3) is 10.9 Å². The second-order valence-corrected chi connectivity index (χ2v) is 10.2. The molecule has 0 radical (unpaired) electrons. The van der Waals surface area contributed by atoms with Gasteiger partial charge in [-0.3, -0.25) is 9.97 Å². The predicted molar refractivity (Wildman–Crippen MR) is 147 cm³/mol. The molecule has 184 valence electrons. The molecule has 1 unspecified atom stereocenters. The molecule has 1 N–H and O–H groups in total. The monoisotopic (exact) mass is 490 g/mol. The van der Waals surface area contributed by atoms with E-state index in [0.717, 1.165) is 79.2 Å². The molecule has 4 heterocycles. The lowest BCUT2D eigenvalue weighted by atomic mass is 10.00. The lowest BCUT2D eigenvalue weighted by Crippen LogP contribution is -2.58. The maximum absolute atomic E-state index is 5.92. The Labute approximate surface area is 213 Å². The van der Waals surface area contributed by atoms with Gasteiger partial charge in [-0.2, -0.15) is 0 Å². The summed E-state index contributed by atoms with van der Waals surface area (Å²) in [5, 5.41) is 5.35. The van der Waals surface area contributed by atoms with E-state index in [2.05, 4.69) is 67.9 Å². The molecular weight excluding hydrogens is 456 g/mol. The van der Waals surface area contributed by atoms with E-state index in [0.29, 0.717) is 5.92 Å². The minimum absolute atomic E-state index is 0.269. The van der Waals surface area contributed by atoms with E-state index in [-0.39, 0.29) is 6.04 Å². The van der Waals surface area contributed by atoms with E-state index in [1.54, 1.807) is 0 Å². The molecule has 9 heteroatoms. The first-order valence-corrected chi connectivity index (χ1v) is 12.8. The van der Waals surface area contributed by atoms with Gasteiger partial charge in [0, 0.05) is 63.1 Å². The molecule has 0 spiro atoms. The van der Waals surface area contributed by atoms with E-state index in [1.165, 1.54) is 0 Å². The normalized spacial score (nSPS) is 19.4. The summed E-state index contributed by atoms with van der Waals surface area (Å²) < 4.78 is 0. The molecule has 5 rings (SSSR count). The molecule has 0 bridgehead atoms. The zero-order valence-electron chi connectivity index (χ0n) is 20.8. The highest BCUT2D eigenvalue weighted by atomic mass is 32.1. The van der Waals surface area contributed by atoms with Gasteiger partial charge in [0.2, 0.25) is 0 Å². The number of hydrogen-bond acceptors (Lipinski definition) is 7. The standard InChI is InChI=1S/C26H34N8S/c1-19(2)23-18-33(25-17-27-16-24(30-25)32-12-10-31(3)11-13-32)14-15-34(23)26(35)29-22-8-4-7-21-20(22)6-5-9-28-21/h4-9,16-17,19,23H,10-15,18H2,1-3H3,(H,29,35). The smallest absolute Gasteiger partial charge is 0.173 e. The summed E-state index contributed by atoms with van der Waals surface area (Å²) in [5.41, 5.74) is 1.96. The molecule has 2 fully saturated rings. The summed E-state index contributed by atoms with van der Waals surface area (Å²) in [7, 11) is 2.17. The SMILES string of the molecule is CC(C)C1CN(c2cncc(N3CCN(C)CC3)n2)CCN1C(=S)Nc1cccc2ncccc12. The number of rotatable bonds is 4. The van der Waals surface area contributed by atoms with Crippen LogP contribution in [0, 0.1) is 5.92 Å². The Morgan fingerprint density at radius 2 is 1.71 bits per heavy atom. The van der Waals surface area contributed by atoms with Crippen LogP contribution in [0.2, 0.25) is 0 Å². The number of aromatic nitrogens is 3. The fourth-order valence-corrected chi connectivity index (χ4v) is 5.26. The van der Waals surface area contributed by atoms with Crippen LogP contribution in [0.15, 0.2) is 48.9 Å². The summed E-state index contributed by atoms with van der Waals surface area (Å²) >= 11 is 5.92. The van der Waals surface area contributed by atoms with E-state index >= 15 is 0 Å². The molecule has 0 aliphatic carbocycles. The van der Waals surface area contributed by atoms with Crippen LogP contribution in [0.4, 0.5) is 17.3 Å². The zero-order valence-corrected chi connectivity index (χ0v) is 21.6. The summed E-state index contributed by atoms with van der Waals surface area (Å²) in [6, 6.07) is 10.4. The molecule has 2 aromatic heterocycles. The van der Waals surface area contributed by atoms with Gasteiger partial charge in [-0.05, 0) is 49.4 Å². The Hall–Kier alpha value is -3.04. The highest BCUT2D eigenvalue weighted by Gasteiger charge is 2.32. The molecule has 0 amide bonds. The Morgan fingerprint density at radius 3 is 2.49 bits per heavy atom. The van der Waals surface area contributed by atoms with E-state index < -0.39 is 0 Å². The highest BCUT2D eigenvalue weighted by Crippen LogP contribution is 2.26. The van der Waals surface area contributed by atoms with Crippen LogP contribution in [0.5, 0.6) is 0 Å². The number of nitrogens with one attached hydrogen (secondary N) is 1. The minimum atomic E-state index is 0.269. The van der Waals surface area contributed by atoms with Gasteiger partial charge < -0.3 is 24.9 Å². The van der Waals surface area contributed by atoms with Gasteiger partial charge in [-0.15, -0.1) is 0 Å². The number of benzene rings is 1. The molecule has 1 atom stereocenters. The van der Waals surface area contributed by atoms with Crippen molar-refractivity contribution < 1.29 is 0 Å². The van der Waals surface area contributed by atoms with Crippen molar-refractivity contribution in [2.24, 2.45) is 5.92 Å². The topological polar surface area (TPSA) is 63.7 Å². The zero-order chi connectivity index (χ0) is 24.4. The lowest BCUT2D eigenvalue weighted by Gasteiger charge is -2.45. The fraction of sp³-hybridized carbons (Fsp3) is 0.462. The number of pyridine rings is 1. The number of nitrogens with zero attached hydrogens (tertiary/aromatic N) is 7. The van der Waals surface area contributed by atoms with Crippen molar-refractivity contribution in [1.82, 2.24) is 24.8 Å². The maximum Gasteiger partial charge on any atom is 0.173 e. The molecule has 2 aliphatic rings. The Kier molecular flexibility index (Phi) is 6.97. The summed E-state index contributed by atoms with van der Waals surface area (Å²) in [6.07, 6.45) is 5.61. The predicted octanol–water partition coefficient (Wildman–Crippen LogP) is 3.32. The van der Waals surface area contributed by atoms with Crippen molar-refractivity contribution in [3.8, 4) is 0 Å². The second-order valence-electron chi connectivity index (χ2n) is 9.78. The second kappa shape index (κ2) is 10.3. The van der Waals surface area contributed by atoms with E-state index in [9.17, 15) is 0 Å². The van der Waals surface area contributed by atoms with Crippen LogP contribution in [-0.2, 0) is 0 Å². The molecule has 0 saturated carbocycles. The summed E-state index contributed by atoms with van der Waals surface area (Å²) in [4.78, 5) is 23.4. The first-order valence-electron chi connectivity index (χ1n) is 12.4. The quantitative estimate of drug-likeness (QED) is 0.555. The number of thiocarbonyl (C=S) groups is 1. The van der Waals surface area contributed by atoms with E-state index in [1.807, 2.05) is 36.8 Å². The van der Waals surface area contributed by atoms with Crippen molar-refractivity contribution in [3.05, 3.63) is 48.9 Å². The number of likely N-dealkylation sites (N-methyl/N-ethyl adjacent to an activating group) is 1. The van der Waals surface area contributed by atoms with Gasteiger partial charge in [-0.1, -0.05) is 19.9 Å². The number of fused-ring (bicyclic) bond motifs is 1. The molecule has 1 aromatic carbocycles. The largest absolute Gasteiger partial charge is 0.353 e. The molecule has 2 aliphatic heterocycles. The Balaban J connectivity index is 1.30. The van der Waals surface area contributed by atoms with Crippen molar-refractivity contribution in [2.45, 2.75) is 19.9 Å². The number of piperazine rings is 2. The number of hydrogen-bond donors (Lipinski definition) is 1. The average Bonchev–Trinajstić information content (AvgIpc) is 2.89. The van der Waals surface area contributed by atoms with Crippen molar-refractivity contribution in [1.29, 1.82) is 0 Å². The van der Waals surface area contributed by atoms with Crippen molar-refractivity contribution in [2.75, 3.05) is 68.0 Å². The van der Waals surface area contributed by atoms with Gasteiger partial charge in [-0.25, -0.2) is 4.98 Å². The van der Waals surface area contributed by atoms with Crippen LogP contribution in [-0.4, -0.2) is 88.8 Å². The van der Waals surface area contributed by atoms with Crippen LogP contribution >= 0.6 is 12.2 Å². The molecule has 3 aromatic rings. The Morgan fingerprint density at radius 1 is 0.971 bits per heavy atom. The van der Waals surface area contributed by atoms with Crippen LogP contribution in [0.1, 0.15) is 13.8 Å². The number of anilines is 3. The van der Waals surface area contributed by atoms with Gasteiger partial charge in [0.1, 0.15) is 11.6 Å². The van der Waals surface area contributed by atoms with Gasteiger partial charge >= 0.3 is 0 Å². The third-order valence-electron chi connectivity index (χ3n) is 7.10. The first-order chi connectivity index (χ1) is 17.0. The maximum atomic E-state index is 5.92. The first kappa shape index (κ1) is 23.7. The minimum Gasteiger partial charge on any atom is -0.353 e. The lowest BCUT2D eigenvalue weighted by molar-refractivity contribution is 0.227.